The Morgan fingerprint density at radius 2 is 1.87 bits per heavy atom. The second kappa shape index (κ2) is 8.94. The molecule has 0 aromatic carbocycles. The third-order valence-electron chi connectivity index (χ3n) is 3.98. The predicted octanol–water partition coefficient (Wildman–Crippen LogP) is 1.84. The Bertz CT molecular complexity index is 1050. The molecule has 0 aliphatic carbocycles. The number of aromatic nitrogens is 6. The largest absolute Gasteiger partial charge is 0.418 e. The summed E-state index contributed by atoms with van der Waals surface area (Å²) in [5, 5.41) is 12.0. The van der Waals surface area contributed by atoms with E-state index >= 15 is 0 Å². The molecule has 3 rings (SSSR count). The van der Waals surface area contributed by atoms with Gasteiger partial charge in [0, 0.05) is 14.1 Å². The Kier molecular flexibility index (Phi) is 6.15. The van der Waals surface area contributed by atoms with Crippen LogP contribution in [0.4, 0.5) is 22.0 Å². The highest BCUT2D eigenvalue weighted by Crippen LogP contribution is 2.26. The molecule has 0 unspecified atom stereocenters. The highest BCUT2D eigenvalue weighted by molar-refractivity contribution is 6.01. The van der Waals surface area contributed by atoms with Gasteiger partial charge in [-0.05, 0) is 5.92 Å². The maximum absolute atomic E-state index is 12.5. The Labute approximate surface area is 172 Å². The van der Waals surface area contributed by atoms with Gasteiger partial charge >= 0.3 is 6.09 Å². The summed E-state index contributed by atoms with van der Waals surface area (Å²) in [4.78, 5) is 41.1. The topological polar surface area (TPSA) is 149 Å². The number of ether oxygens (including phenoxy) is 1. The van der Waals surface area contributed by atoms with Gasteiger partial charge in [-0.3, -0.25) is 14.8 Å². The van der Waals surface area contributed by atoms with Crippen LogP contribution in [0.15, 0.2) is 31.1 Å². The van der Waals surface area contributed by atoms with E-state index in [1.54, 1.807) is 25.6 Å². The van der Waals surface area contributed by atoms with Crippen LogP contribution in [0.25, 0.3) is 0 Å². The molecule has 12 heteroatoms. The molecule has 0 saturated carbocycles. The number of carbonyl (C=O) groups excluding carboxylic acids is 2. The third kappa shape index (κ3) is 4.66. The first-order valence-corrected chi connectivity index (χ1v) is 9.01. The van der Waals surface area contributed by atoms with Gasteiger partial charge in [0.05, 0.1) is 41.9 Å². The number of amides is 2. The van der Waals surface area contributed by atoms with Crippen molar-refractivity contribution < 1.29 is 14.3 Å². The minimum atomic E-state index is -0.851. The molecule has 3 aromatic heterocycles. The van der Waals surface area contributed by atoms with E-state index in [9.17, 15) is 9.59 Å². The number of anilines is 3. The molecule has 156 valence electrons. The molecule has 0 atom stereocenters. The van der Waals surface area contributed by atoms with Crippen molar-refractivity contribution in [1.29, 1.82) is 0 Å². The molecule has 0 aliphatic rings. The first kappa shape index (κ1) is 20.6. The summed E-state index contributed by atoms with van der Waals surface area (Å²) in [6.07, 6.45) is 6.56. The molecule has 12 nitrogen and oxygen atoms in total. The van der Waals surface area contributed by atoms with Crippen molar-refractivity contribution >= 4 is 29.2 Å². The predicted molar refractivity (Wildman–Crippen MR) is 108 cm³/mol. The SMILES string of the molecule is CNC(=O)c1c(NC(=O)Oc2nc(C(C)C)cnc2Nc2cncnc2)cnn1C. The average molecular weight is 411 g/mol. The van der Waals surface area contributed by atoms with E-state index < -0.39 is 12.0 Å². The summed E-state index contributed by atoms with van der Waals surface area (Å²) < 4.78 is 6.74. The van der Waals surface area contributed by atoms with Crippen molar-refractivity contribution in [2.75, 3.05) is 17.7 Å². The number of rotatable bonds is 6. The van der Waals surface area contributed by atoms with Crippen LogP contribution in [0.2, 0.25) is 0 Å². The van der Waals surface area contributed by atoms with Gasteiger partial charge in [-0.15, -0.1) is 0 Å². The van der Waals surface area contributed by atoms with Crippen LogP contribution in [0.1, 0.15) is 35.9 Å². The van der Waals surface area contributed by atoms with E-state index in [0.717, 1.165) is 0 Å². The molecule has 0 bridgehead atoms. The van der Waals surface area contributed by atoms with Crippen LogP contribution < -0.4 is 20.7 Å². The van der Waals surface area contributed by atoms with Crippen molar-refractivity contribution in [3.8, 4) is 5.88 Å². The summed E-state index contributed by atoms with van der Waals surface area (Å²) in [6.45, 7) is 3.88. The minimum Gasteiger partial charge on any atom is -0.387 e. The van der Waals surface area contributed by atoms with Gasteiger partial charge in [-0.1, -0.05) is 13.8 Å². The van der Waals surface area contributed by atoms with Gasteiger partial charge in [0.15, 0.2) is 5.82 Å². The van der Waals surface area contributed by atoms with E-state index in [2.05, 4.69) is 41.0 Å². The summed E-state index contributed by atoms with van der Waals surface area (Å²) in [5.41, 5.74) is 1.56. The number of nitrogens with one attached hydrogen (secondary N) is 3. The second-order valence-electron chi connectivity index (χ2n) is 6.48. The normalized spacial score (nSPS) is 10.6. The highest BCUT2D eigenvalue weighted by Gasteiger charge is 2.20. The van der Waals surface area contributed by atoms with Crippen LogP contribution in [-0.2, 0) is 7.05 Å². The summed E-state index contributed by atoms with van der Waals surface area (Å²) in [5.74, 6) is -0.163. The van der Waals surface area contributed by atoms with Gasteiger partial charge in [0.1, 0.15) is 12.0 Å². The van der Waals surface area contributed by atoms with Gasteiger partial charge in [-0.2, -0.15) is 5.10 Å². The number of nitrogens with zero attached hydrogens (tertiary/aromatic N) is 6. The van der Waals surface area contributed by atoms with Crippen molar-refractivity contribution in [3.05, 3.63) is 42.5 Å². The maximum Gasteiger partial charge on any atom is 0.418 e. The maximum atomic E-state index is 12.5. The molecule has 2 amide bonds. The Morgan fingerprint density at radius 3 is 2.53 bits per heavy atom. The molecule has 3 N–H and O–H groups in total. The van der Waals surface area contributed by atoms with Gasteiger partial charge in [-0.25, -0.2) is 24.7 Å². The first-order valence-electron chi connectivity index (χ1n) is 9.01. The van der Waals surface area contributed by atoms with Gasteiger partial charge < -0.3 is 15.4 Å². The molecular weight excluding hydrogens is 390 g/mol. The molecule has 0 aliphatic heterocycles. The molecule has 0 radical (unpaired) electrons. The Balaban J connectivity index is 1.85. The van der Waals surface area contributed by atoms with E-state index in [0.29, 0.717) is 11.4 Å². The van der Waals surface area contributed by atoms with Crippen molar-refractivity contribution in [3.63, 3.8) is 0 Å². The lowest BCUT2D eigenvalue weighted by molar-refractivity contribution is 0.0954. The fraction of sp³-hybridized carbons (Fsp3) is 0.278. The van der Waals surface area contributed by atoms with E-state index in [1.807, 2.05) is 13.8 Å². The zero-order valence-electron chi connectivity index (χ0n) is 16.9. The van der Waals surface area contributed by atoms with Gasteiger partial charge in [0.25, 0.3) is 11.8 Å². The van der Waals surface area contributed by atoms with Crippen molar-refractivity contribution in [2.24, 2.45) is 7.05 Å². The molecule has 0 saturated heterocycles. The second-order valence-corrected chi connectivity index (χ2v) is 6.48. The molecule has 30 heavy (non-hydrogen) atoms. The molecular formula is C18H21N9O3. The van der Waals surface area contributed by atoms with E-state index in [4.69, 9.17) is 4.74 Å². The third-order valence-corrected chi connectivity index (χ3v) is 3.98. The average Bonchev–Trinajstić information content (AvgIpc) is 3.09. The number of hydrogen-bond donors (Lipinski definition) is 3. The minimum absolute atomic E-state index is 0.0343. The Hall–Kier alpha value is -4.09. The lowest BCUT2D eigenvalue weighted by atomic mass is 10.1. The Morgan fingerprint density at radius 1 is 1.13 bits per heavy atom. The smallest absolute Gasteiger partial charge is 0.387 e. The van der Waals surface area contributed by atoms with Crippen molar-refractivity contribution in [1.82, 2.24) is 35.0 Å². The first-order chi connectivity index (χ1) is 14.4. The fourth-order valence-electron chi connectivity index (χ4n) is 2.46. The zero-order valence-corrected chi connectivity index (χ0v) is 16.9. The lowest BCUT2D eigenvalue weighted by Gasteiger charge is -2.13. The standard InChI is InChI=1S/C18H21N9O3/c1-10(2)12-7-22-15(24-11-5-20-9-21-6-11)17(25-12)30-18(29)26-13-8-23-27(4)14(13)16(28)19-3/h5-10H,1-4H3,(H,19,28)(H,22,24)(H,26,29). The van der Waals surface area contributed by atoms with Crippen LogP contribution in [0.3, 0.4) is 0 Å². The van der Waals surface area contributed by atoms with Crippen molar-refractivity contribution in [2.45, 2.75) is 19.8 Å². The number of carbonyl (C=O) groups is 2. The summed E-state index contributed by atoms with van der Waals surface area (Å²) >= 11 is 0. The van der Waals surface area contributed by atoms with Crippen LogP contribution in [-0.4, -0.2) is 48.8 Å². The van der Waals surface area contributed by atoms with Gasteiger partial charge in [0.2, 0.25) is 0 Å². The summed E-state index contributed by atoms with van der Waals surface area (Å²) in [7, 11) is 3.07. The highest BCUT2D eigenvalue weighted by atomic mass is 16.6. The zero-order chi connectivity index (χ0) is 21.7. The number of hydrogen-bond acceptors (Lipinski definition) is 9. The molecule has 0 fully saturated rings. The van der Waals surface area contributed by atoms with Crippen LogP contribution in [0.5, 0.6) is 5.88 Å². The lowest BCUT2D eigenvalue weighted by Crippen LogP contribution is -2.25. The summed E-state index contributed by atoms with van der Waals surface area (Å²) in [6, 6.07) is 0. The molecule has 0 spiro atoms. The quantitative estimate of drug-likeness (QED) is 0.552. The van der Waals surface area contributed by atoms with Crippen LogP contribution in [0, 0.1) is 0 Å². The van der Waals surface area contributed by atoms with E-state index in [-0.39, 0.29) is 29.0 Å². The van der Waals surface area contributed by atoms with E-state index in [1.165, 1.54) is 24.3 Å². The van der Waals surface area contributed by atoms with Crippen LogP contribution >= 0.6 is 0 Å². The fourth-order valence-corrected chi connectivity index (χ4v) is 2.46. The molecule has 3 heterocycles. The molecule has 3 aromatic rings. The number of aryl methyl sites for hydroxylation is 1. The monoisotopic (exact) mass is 411 g/mol.